The number of rotatable bonds is 38. The number of esters is 2. The van der Waals surface area contributed by atoms with Gasteiger partial charge in [-0.3, -0.25) is 18.6 Å². The lowest BCUT2D eigenvalue weighted by molar-refractivity contribution is -0.870. The molecule has 1 N–H and O–H groups in total. The lowest BCUT2D eigenvalue weighted by Crippen LogP contribution is -2.37. The van der Waals surface area contributed by atoms with E-state index in [1.807, 2.05) is 35.0 Å². The van der Waals surface area contributed by atoms with Gasteiger partial charge in [0.1, 0.15) is 19.8 Å². The van der Waals surface area contributed by atoms with Gasteiger partial charge < -0.3 is 18.9 Å². The van der Waals surface area contributed by atoms with Crippen LogP contribution in [-0.2, 0) is 32.7 Å². The van der Waals surface area contributed by atoms with Gasteiger partial charge in [-0.05, 0) is 12.8 Å². The van der Waals surface area contributed by atoms with Crippen molar-refractivity contribution in [2.24, 2.45) is 11.8 Å². The van der Waals surface area contributed by atoms with E-state index in [2.05, 4.69) is 13.8 Å². The molecule has 52 heavy (non-hydrogen) atoms. The minimum absolute atomic E-state index is 0.0312. The first-order chi connectivity index (χ1) is 24.8. The van der Waals surface area contributed by atoms with E-state index in [0.29, 0.717) is 17.4 Å². The zero-order valence-electron chi connectivity index (χ0n) is 35.1. The second-order valence-corrected chi connectivity index (χ2v) is 17.9. The largest absolute Gasteiger partial charge is 0.472 e. The Morgan fingerprint density at radius 2 is 0.923 bits per heavy atom. The average Bonchev–Trinajstić information content (AvgIpc) is 3.09. The Morgan fingerprint density at radius 1 is 0.558 bits per heavy atom. The van der Waals surface area contributed by atoms with Crippen molar-refractivity contribution in [2.75, 3.05) is 47.5 Å². The molecule has 0 rings (SSSR count). The third-order valence-electron chi connectivity index (χ3n) is 9.92. The number of likely N-dealkylation sites (N-methyl/N-ethyl adjacent to an activating group) is 1. The first kappa shape index (κ1) is 51.0. The van der Waals surface area contributed by atoms with Crippen LogP contribution < -0.4 is 0 Å². The van der Waals surface area contributed by atoms with E-state index in [4.69, 9.17) is 18.5 Å². The number of carbonyl (C=O) groups is 2. The molecule has 0 radical (unpaired) electrons. The van der Waals surface area contributed by atoms with E-state index in [-0.39, 0.29) is 31.0 Å². The number of hydrogen-bond donors (Lipinski definition) is 1. The molecule has 0 aromatic rings. The second kappa shape index (κ2) is 33.4. The van der Waals surface area contributed by atoms with Crippen LogP contribution in [0.25, 0.3) is 0 Å². The monoisotopic (exact) mass is 763 g/mol. The van der Waals surface area contributed by atoms with Gasteiger partial charge in [0, 0.05) is 0 Å². The van der Waals surface area contributed by atoms with Gasteiger partial charge in [-0.25, -0.2) is 4.57 Å². The fourth-order valence-corrected chi connectivity index (χ4v) is 6.92. The van der Waals surface area contributed by atoms with Crippen LogP contribution in [0.2, 0.25) is 0 Å². The van der Waals surface area contributed by atoms with Gasteiger partial charge in [0.05, 0.1) is 39.6 Å². The molecule has 0 aliphatic rings. The van der Waals surface area contributed by atoms with Crippen molar-refractivity contribution in [3.8, 4) is 0 Å². The molecule has 4 atom stereocenters. The zero-order valence-corrected chi connectivity index (χ0v) is 36.0. The second-order valence-electron chi connectivity index (χ2n) is 16.5. The summed E-state index contributed by atoms with van der Waals surface area (Å²) in [6.07, 6.45) is 30.6. The number of carbonyl (C=O) groups excluding carboxylic acids is 2. The zero-order chi connectivity index (χ0) is 38.9. The predicted molar refractivity (Wildman–Crippen MR) is 215 cm³/mol. The smallest absolute Gasteiger partial charge is 0.461 e. The van der Waals surface area contributed by atoms with Crippen LogP contribution in [-0.4, -0.2) is 74.9 Å². The van der Waals surface area contributed by atoms with E-state index in [9.17, 15) is 19.0 Å². The number of quaternary nitrogens is 1. The first-order valence-corrected chi connectivity index (χ1v) is 23.1. The number of hydrogen-bond acceptors (Lipinski definition) is 7. The van der Waals surface area contributed by atoms with E-state index in [1.165, 1.54) is 128 Å². The molecule has 0 fully saturated rings. The molecule has 0 bridgehead atoms. The topological polar surface area (TPSA) is 108 Å². The van der Waals surface area contributed by atoms with Crippen LogP contribution in [0.4, 0.5) is 0 Å². The van der Waals surface area contributed by atoms with Gasteiger partial charge in [-0.2, -0.15) is 0 Å². The summed E-state index contributed by atoms with van der Waals surface area (Å²) in [6.45, 7) is 8.10. The molecular formula is C42H85NO8P+. The Labute approximate surface area is 321 Å². The van der Waals surface area contributed by atoms with E-state index in [0.717, 1.165) is 32.1 Å². The highest BCUT2D eigenvalue weighted by Crippen LogP contribution is 2.43. The molecule has 10 heteroatoms. The number of unbranched alkanes of at least 4 members (excludes halogenated alkanes) is 22. The van der Waals surface area contributed by atoms with Crippen LogP contribution in [0.15, 0.2) is 0 Å². The summed E-state index contributed by atoms with van der Waals surface area (Å²) in [5, 5.41) is 0. The third-order valence-corrected chi connectivity index (χ3v) is 10.9. The van der Waals surface area contributed by atoms with Crippen LogP contribution in [0.3, 0.4) is 0 Å². The maximum Gasteiger partial charge on any atom is 0.472 e. The average molecular weight is 763 g/mol. The first-order valence-electron chi connectivity index (χ1n) is 21.6. The SMILES string of the molecule is CCCCCCCCCCCCCCC(C)C(=O)OC[C@H](COP(=O)(O)OCC[N+](C)(C)C)OC(=O)C(C)CCCCCCCCCCCCCC. The maximum atomic E-state index is 13.0. The predicted octanol–water partition coefficient (Wildman–Crippen LogP) is 11.7. The minimum Gasteiger partial charge on any atom is -0.461 e. The van der Waals surface area contributed by atoms with Crippen molar-refractivity contribution in [3.63, 3.8) is 0 Å². The molecule has 0 saturated heterocycles. The van der Waals surface area contributed by atoms with Gasteiger partial charge >= 0.3 is 19.8 Å². The summed E-state index contributed by atoms with van der Waals surface area (Å²) >= 11 is 0. The Hall–Kier alpha value is -0.990. The van der Waals surface area contributed by atoms with E-state index >= 15 is 0 Å². The van der Waals surface area contributed by atoms with Gasteiger partial charge in [-0.15, -0.1) is 0 Å². The van der Waals surface area contributed by atoms with Gasteiger partial charge in [0.25, 0.3) is 0 Å². The molecule has 310 valence electrons. The standard InChI is InChI=1S/C42H84NO8P/c1-8-10-12-14-16-18-20-22-24-26-28-30-32-38(3)41(44)48-36-40(37-50-52(46,47)49-35-34-43(5,6)7)51-42(45)39(4)33-31-29-27-25-23-21-19-17-15-13-11-9-2/h38-40H,8-37H2,1-7H3/p+1/t38?,39?,40-/m1/s1. The lowest BCUT2D eigenvalue weighted by atomic mass is 10.0. The Morgan fingerprint density at radius 3 is 1.31 bits per heavy atom. The lowest BCUT2D eigenvalue weighted by Gasteiger charge is -2.25. The van der Waals surface area contributed by atoms with Crippen LogP contribution in [0, 0.1) is 11.8 Å². The molecule has 0 heterocycles. The van der Waals surface area contributed by atoms with Crippen LogP contribution in [0.1, 0.15) is 195 Å². The number of phosphoric ester groups is 1. The molecule has 0 aliphatic heterocycles. The normalized spacial score (nSPS) is 14.8. The van der Waals surface area contributed by atoms with E-state index < -0.39 is 26.5 Å². The van der Waals surface area contributed by atoms with Gasteiger partial charge in [0.15, 0.2) is 6.10 Å². The minimum atomic E-state index is -4.39. The number of nitrogens with zero attached hydrogens (tertiary/aromatic N) is 1. The molecule has 3 unspecified atom stereocenters. The third kappa shape index (κ3) is 33.6. The van der Waals surface area contributed by atoms with E-state index in [1.54, 1.807) is 0 Å². The molecule has 0 aliphatic carbocycles. The molecular weight excluding hydrogens is 677 g/mol. The van der Waals surface area contributed by atoms with Crippen molar-refractivity contribution < 1.29 is 42.1 Å². The fraction of sp³-hybridized carbons (Fsp3) is 0.952. The van der Waals surface area contributed by atoms with Gasteiger partial charge in [-0.1, -0.05) is 182 Å². The highest BCUT2D eigenvalue weighted by Gasteiger charge is 2.28. The van der Waals surface area contributed by atoms with Crippen molar-refractivity contribution in [1.29, 1.82) is 0 Å². The van der Waals surface area contributed by atoms with Crippen LogP contribution in [0.5, 0.6) is 0 Å². The quantitative estimate of drug-likeness (QED) is 0.0287. The molecule has 0 spiro atoms. The van der Waals surface area contributed by atoms with Gasteiger partial charge in [0.2, 0.25) is 0 Å². The molecule has 0 amide bonds. The van der Waals surface area contributed by atoms with Crippen LogP contribution >= 0.6 is 7.82 Å². The van der Waals surface area contributed by atoms with Crippen molar-refractivity contribution >= 4 is 19.8 Å². The summed E-state index contributed by atoms with van der Waals surface area (Å²) in [7, 11) is 1.47. The summed E-state index contributed by atoms with van der Waals surface area (Å²) in [5.41, 5.74) is 0. The summed E-state index contributed by atoms with van der Waals surface area (Å²) < 4.78 is 34.7. The highest BCUT2D eigenvalue weighted by atomic mass is 31.2. The molecule has 0 saturated carbocycles. The summed E-state index contributed by atoms with van der Waals surface area (Å²) in [6, 6.07) is 0. The molecule has 9 nitrogen and oxygen atoms in total. The van der Waals surface area contributed by atoms with Crippen molar-refractivity contribution in [1.82, 2.24) is 0 Å². The molecule has 0 aromatic heterocycles. The highest BCUT2D eigenvalue weighted by molar-refractivity contribution is 7.47. The Kier molecular flexibility index (Phi) is 32.7. The van der Waals surface area contributed by atoms with Crippen molar-refractivity contribution in [3.05, 3.63) is 0 Å². The number of phosphoric acid groups is 1. The Bertz CT molecular complexity index is 896. The fourth-order valence-electron chi connectivity index (χ4n) is 6.18. The molecule has 0 aromatic carbocycles. The Balaban J connectivity index is 4.62. The maximum absolute atomic E-state index is 13.0. The summed E-state index contributed by atoms with van der Waals surface area (Å²) in [5.74, 6) is -1.41. The number of ether oxygens (including phenoxy) is 2. The van der Waals surface area contributed by atoms with Crippen molar-refractivity contribution in [2.45, 2.75) is 201 Å². The summed E-state index contributed by atoms with van der Waals surface area (Å²) in [4.78, 5) is 36.1.